The molecule has 0 fully saturated rings. The zero-order valence-corrected chi connectivity index (χ0v) is 21.0. The smallest absolute Gasteiger partial charge is 0.263 e. The molecule has 6 nitrogen and oxygen atoms in total. The summed E-state index contributed by atoms with van der Waals surface area (Å²) in [4.78, 5) is 29.6. The molecule has 0 unspecified atom stereocenters. The molecule has 0 radical (unpaired) electrons. The fraction of sp³-hybridized carbons (Fsp3) is 0.379. The Kier molecular flexibility index (Phi) is 7.59. The standard InChI is InChI=1S/C29H34N2O4/c1-5-26(29(33)30(4)19-24-8-7-17-34-24)35-23-14-13-21-15-16-31(27(32)6-2)28(25(21)18-23)22-11-9-20(3)10-12-22/h7-14,17-18,26,28H,5-6,15-16,19H2,1-4H3/t26-,28+/m1/s1. The van der Waals surface area contributed by atoms with Gasteiger partial charge in [0.05, 0.1) is 18.8 Å². The summed E-state index contributed by atoms with van der Waals surface area (Å²) in [7, 11) is 1.76. The predicted molar refractivity (Wildman–Crippen MR) is 135 cm³/mol. The number of nitrogens with zero attached hydrogens (tertiary/aromatic N) is 2. The molecular weight excluding hydrogens is 440 g/mol. The first-order valence-electron chi connectivity index (χ1n) is 12.3. The Hall–Kier alpha value is -3.54. The van der Waals surface area contributed by atoms with Crippen LogP contribution in [0.2, 0.25) is 0 Å². The topological polar surface area (TPSA) is 63.0 Å². The van der Waals surface area contributed by atoms with Gasteiger partial charge in [-0.2, -0.15) is 0 Å². The van der Waals surface area contributed by atoms with Crippen molar-refractivity contribution in [2.45, 2.75) is 58.7 Å². The minimum absolute atomic E-state index is 0.0977. The number of hydrogen-bond donors (Lipinski definition) is 0. The van der Waals surface area contributed by atoms with Gasteiger partial charge in [-0.1, -0.05) is 49.7 Å². The van der Waals surface area contributed by atoms with Crippen molar-refractivity contribution < 1.29 is 18.7 Å². The van der Waals surface area contributed by atoms with E-state index in [0.29, 0.717) is 31.7 Å². The SMILES string of the molecule is CCC(=O)N1CCc2ccc(O[C@H](CC)C(=O)N(C)Cc3ccco3)cc2[C@@H]1c1ccc(C)cc1. The maximum Gasteiger partial charge on any atom is 0.263 e. The van der Waals surface area contributed by atoms with Crippen LogP contribution in [0.4, 0.5) is 0 Å². The summed E-state index contributed by atoms with van der Waals surface area (Å²) < 4.78 is 11.6. The number of benzene rings is 2. The molecule has 1 aliphatic heterocycles. The normalized spacial score (nSPS) is 15.9. The third-order valence-corrected chi connectivity index (χ3v) is 6.64. The van der Waals surface area contributed by atoms with E-state index in [1.165, 1.54) is 11.1 Å². The Balaban J connectivity index is 1.61. The largest absolute Gasteiger partial charge is 0.481 e. The average molecular weight is 475 g/mol. The van der Waals surface area contributed by atoms with E-state index in [2.05, 4.69) is 37.3 Å². The van der Waals surface area contributed by atoms with E-state index in [1.54, 1.807) is 18.2 Å². The molecule has 2 aromatic carbocycles. The molecule has 6 heteroatoms. The maximum atomic E-state index is 13.1. The Morgan fingerprint density at radius 3 is 2.57 bits per heavy atom. The molecule has 0 bridgehead atoms. The predicted octanol–water partition coefficient (Wildman–Crippen LogP) is 5.29. The number of amides is 2. The van der Waals surface area contributed by atoms with Crippen molar-refractivity contribution in [3.05, 3.63) is 88.9 Å². The lowest BCUT2D eigenvalue weighted by molar-refractivity contribution is -0.138. The highest BCUT2D eigenvalue weighted by Gasteiger charge is 2.32. The molecule has 4 rings (SSSR count). The molecular formula is C29H34N2O4. The van der Waals surface area contributed by atoms with Gasteiger partial charge in [0, 0.05) is 20.0 Å². The molecule has 0 N–H and O–H groups in total. The molecule has 0 aliphatic carbocycles. The molecule has 2 heterocycles. The van der Waals surface area contributed by atoms with Crippen molar-refractivity contribution in [2.24, 2.45) is 0 Å². The first-order valence-corrected chi connectivity index (χ1v) is 12.3. The van der Waals surface area contributed by atoms with Gasteiger partial charge in [0.15, 0.2) is 6.10 Å². The van der Waals surface area contributed by atoms with Crippen LogP contribution in [0.5, 0.6) is 5.75 Å². The first kappa shape index (κ1) is 24.6. The summed E-state index contributed by atoms with van der Waals surface area (Å²) in [6, 6.07) is 17.9. The van der Waals surface area contributed by atoms with Gasteiger partial charge >= 0.3 is 0 Å². The number of hydrogen-bond acceptors (Lipinski definition) is 4. The summed E-state index contributed by atoms with van der Waals surface area (Å²) in [5.74, 6) is 1.40. The Morgan fingerprint density at radius 2 is 1.91 bits per heavy atom. The zero-order chi connectivity index (χ0) is 24.9. The van der Waals surface area contributed by atoms with E-state index in [-0.39, 0.29) is 17.9 Å². The quantitative estimate of drug-likeness (QED) is 0.445. The van der Waals surface area contributed by atoms with Crippen molar-refractivity contribution in [1.29, 1.82) is 0 Å². The lowest BCUT2D eigenvalue weighted by Crippen LogP contribution is -2.40. The molecule has 2 amide bonds. The highest BCUT2D eigenvalue weighted by molar-refractivity contribution is 5.81. The van der Waals surface area contributed by atoms with Crippen LogP contribution in [-0.4, -0.2) is 41.3 Å². The number of carbonyl (C=O) groups is 2. The van der Waals surface area contributed by atoms with Crippen molar-refractivity contribution in [1.82, 2.24) is 9.80 Å². The molecule has 184 valence electrons. The van der Waals surface area contributed by atoms with E-state index < -0.39 is 6.10 Å². The van der Waals surface area contributed by atoms with Crippen LogP contribution in [0.3, 0.4) is 0 Å². The van der Waals surface area contributed by atoms with Crippen LogP contribution in [-0.2, 0) is 22.6 Å². The van der Waals surface area contributed by atoms with Crippen LogP contribution >= 0.6 is 0 Å². The Labute approximate surface area is 207 Å². The summed E-state index contributed by atoms with van der Waals surface area (Å²) >= 11 is 0. The number of ether oxygens (including phenoxy) is 1. The molecule has 35 heavy (non-hydrogen) atoms. The van der Waals surface area contributed by atoms with E-state index in [4.69, 9.17) is 9.15 Å². The van der Waals surface area contributed by atoms with E-state index in [1.807, 2.05) is 43.0 Å². The zero-order valence-electron chi connectivity index (χ0n) is 21.0. The molecule has 2 atom stereocenters. The Morgan fingerprint density at radius 1 is 1.14 bits per heavy atom. The fourth-order valence-electron chi connectivity index (χ4n) is 4.68. The minimum Gasteiger partial charge on any atom is -0.481 e. The monoisotopic (exact) mass is 474 g/mol. The second kappa shape index (κ2) is 10.8. The van der Waals surface area contributed by atoms with Crippen LogP contribution in [0, 0.1) is 6.92 Å². The number of fused-ring (bicyclic) bond motifs is 1. The van der Waals surface area contributed by atoms with E-state index >= 15 is 0 Å². The van der Waals surface area contributed by atoms with Gasteiger partial charge in [-0.15, -0.1) is 0 Å². The third kappa shape index (κ3) is 5.42. The fourth-order valence-corrected chi connectivity index (χ4v) is 4.68. The lowest BCUT2D eigenvalue weighted by atomic mass is 9.87. The van der Waals surface area contributed by atoms with Gasteiger partial charge in [0.1, 0.15) is 11.5 Å². The van der Waals surface area contributed by atoms with Gasteiger partial charge in [-0.05, 0) is 60.7 Å². The van der Waals surface area contributed by atoms with Gasteiger partial charge in [0.25, 0.3) is 5.91 Å². The summed E-state index contributed by atoms with van der Waals surface area (Å²) in [5.41, 5.74) is 4.53. The van der Waals surface area contributed by atoms with Crippen molar-refractivity contribution in [3.8, 4) is 5.75 Å². The highest BCUT2D eigenvalue weighted by Crippen LogP contribution is 2.38. The van der Waals surface area contributed by atoms with E-state index in [0.717, 1.165) is 23.3 Å². The second-order valence-corrected chi connectivity index (χ2v) is 9.15. The lowest BCUT2D eigenvalue weighted by Gasteiger charge is -2.38. The third-order valence-electron chi connectivity index (χ3n) is 6.64. The number of rotatable bonds is 8. The van der Waals surface area contributed by atoms with Crippen LogP contribution in [0.1, 0.15) is 60.7 Å². The maximum absolute atomic E-state index is 13.1. The number of furan rings is 1. The van der Waals surface area contributed by atoms with Crippen LogP contribution in [0.15, 0.2) is 65.3 Å². The molecule has 1 aromatic heterocycles. The van der Waals surface area contributed by atoms with Crippen LogP contribution < -0.4 is 4.74 Å². The number of likely N-dealkylation sites (N-methyl/N-ethyl adjacent to an activating group) is 1. The summed E-state index contributed by atoms with van der Waals surface area (Å²) in [6.45, 7) is 6.98. The highest BCUT2D eigenvalue weighted by atomic mass is 16.5. The van der Waals surface area contributed by atoms with Crippen molar-refractivity contribution in [2.75, 3.05) is 13.6 Å². The molecule has 1 aliphatic rings. The molecule has 3 aromatic rings. The second-order valence-electron chi connectivity index (χ2n) is 9.15. The van der Waals surface area contributed by atoms with E-state index in [9.17, 15) is 9.59 Å². The van der Waals surface area contributed by atoms with Crippen LogP contribution in [0.25, 0.3) is 0 Å². The number of carbonyl (C=O) groups excluding carboxylic acids is 2. The van der Waals surface area contributed by atoms with Gasteiger partial charge in [0.2, 0.25) is 5.91 Å². The average Bonchev–Trinajstić information content (AvgIpc) is 3.39. The summed E-state index contributed by atoms with van der Waals surface area (Å²) in [5, 5.41) is 0. The first-order chi connectivity index (χ1) is 16.9. The molecule has 0 spiro atoms. The van der Waals surface area contributed by atoms with Crippen molar-refractivity contribution >= 4 is 11.8 Å². The minimum atomic E-state index is -0.609. The Bertz CT molecular complexity index is 1150. The number of aryl methyl sites for hydroxylation is 1. The molecule has 0 saturated carbocycles. The molecule has 0 saturated heterocycles. The van der Waals surface area contributed by atoms with Gasteiger partial charge in [-0.25, -0.2) is 0 Å². The summed E-state index contributed by atoms with van der Waals surface area (Å²) in [6.07, 6.45) is 2.79. The van der Waals surface area contributed by atoms with Gasteiger partial charge < -0.3 is 19.0 Å². The van der Waals surface area contributed by atoms with Gasteiger partial charge in [-0.3, -0.25) is 9.59 Å². The van der Waals surface area contributed by atoms with Crippen molar-refractivity contribution in [3.63, 3.8) is 0 Å².